The molecule has 0 radical (unpaired) electrons. The molecule has 0 bridgehead atoms. The van der Waals surface area contributed by atoms with Gasteiger partial charge in [-0.1, -0.05) is 13.8 Å². The normalized spacial score (nSPS) is 27.8. The maximum Gasteiger partial charge on any atom is 0.237 e. The molecule has 0 saturated carbocycles. The molecular formula is C12H24N2O2. The van der Waals surface area contributed by atoms with Gasteiger partial charge in [0.1, 0.15) is 0 Å². The van der Waals surface area contributed by atoms with Gasteiger partial charge in [0.2, 0.25) is 5.91 Å². The molecule has 0 aliphatic carbocycles. The molecule has 4 heteroatoms. The fraction of sp³-hybridized carbons (Fsp3) is 0.917. The Labute approximate surface area is 97.9 Å². The van der Waals surface area contributed by atoms with Gasteiger partial charge in [-0.2, -0.15) is 0 Å². The summed E-state index contributed by atoms with van der Waals surface area (Å²) in [7, 11) is 0. The molecule has 1 unspecified atom stereocenters. The van der Waals surface area contributed by atoms with E-state index in [1.807, 2.05) is 6.92 Å². The first-order valence-electron chi connectivity index (χ1n) is 6.08. The van der Waals surface area contributed by atoms with Gasteiger partial charge in [0.25, 0.3) is 0 Å². The summed E-state index contributed by atoms with van der Waals surface area (Å²) in [5.41, 5.74) is 5.61. The van der Waals surface area contributed by atoms with Crippen LogP contribution in [-0.2, 0) is 9.53 Å². The van der Waals surface area contributed by atoms with Crippen LogP contribution in [0.3, 0.4) is 0 Å². The highest BCUT2D eigenvalue weighted by Gasteiger charge is 2.30. The van der Waals surface area contributed by atoms with Gasteiger partial charge >= 0.3 is 0 Å². The van der Waals surface area contributed by atoms with Crippen LogP contribution in [0.4, 0.5) is 0 Å². The predicted molar refractivity (Wildman–Crippen MR) is 64.0 cm³/mol. The van der Waals surface area contributed by atoms with E-state index >= 15 is 0 Å². The third kappa shape index (κ3) is 4.10. The van der Waals surface area contributed by atoms with Gasteiger partial charge in [0, 0.05) is 6.61 Å². The lowest BCUT2D eigenvalue weighted by Gasteiger charge is -2.35. The fourth-order valence-electron chi connectivity index (χ4n) is 2.04. The largest absolute Gasteiger partial charge is 0.379 e. The molecule has 1 rings (SSSR count). The molecular weight excluding hydrogens is 204 g/mol. The minimum atomic E-state index is -0.404. The van der Waals surface area contributed by atoms with Crippen LogP contribution in [-0.4, -0.2) is 30.7 Å². The Morgan fingerprint density at radius 1 is 1.56 bits per heavy atom. The smallest absolute Gasteiger partial charge is 0.237 e. The Balaban J connectivity index is 2.43. The van der Waals surface area contributed by atoms with Crippen molar-refractivity contribution < 1.29 is 9.53 Å². The van der Waals surface area contributed by atoms with Crippen molar-refractivity contribution in [1.82, 2.24) is 5.32 Å². The topological polar surface area (TPSA) is 64.4 Å². The van der Waals surface area contributed by atoms with Crippen LogP contribution < -0.4 is 11.1 Å². The van der Waals surface area contributed by atoms with Crippen molar-refractivity contribution in [2.75, 3.05) is 13.2 Å². The number of hydrogen-bond acceptors (Lipinski definition) is 3. The number of hydrogen-bond donors (Lipinski definition) is 2. The van der Waals surface area contributed by atoms with Crippen molar-refractivity contribution in [2.24, 2.45) is 11.7 Å². The summed E-state index contributed by atoms with van der Waals surface area (Å²) >= 11 is 0. The summed E-state index contributed by atoms with van der Waals surface area (Å²) in [4.78, 5) is 11.9. The summed E-state index contributed by atoms with van der Waals surface area (Å²) in [5.74, 6) is 0.387. The summed E-state index contributed by atoms with van der Waals surface area (Å²) in [6.45, 7) is 7.54. The quantitative estimate of drug-likeness (QED) is 0.756. The summed E-state index contributed by atoms with van der Waals surface area (Å²) < 4.78 is 5.39. The number of nitrogens with two attached hydrogens (primary N) is 1. The molecule has 1 fully saturated rings. The van der Waals surface area contributed by atoms with E-state index in [1.165, 1.54) is 0 Å². The second kappa shape index (κ2) is 5.64. The van der Waals surface area contributed by atoms with E-state index in [2.05, 4.69) is 19.2 Å². The molecule has 4 nitrogen and oxygen atoms in total. The van der Waals surface area contributed by atoms with Gasteiger partial charge in [0.15, 0.2) is 0 Å². The zero-order valence-electron chi connectivity index (χ0n) is 10.6. The molecule has 2 atom stereocenters. The minimum absolute atomic E-state index is 0.0540. The van der Waals surface area contributed by atoms with Crippen molar-refractivity contribution in [3.8, 4) is 0 Å². The molecule has 3 N–H and O–H groups in total. The lowest BCUT2D eigenvalue weighted by atomic mass is 9.94. The van der Waals surface area contributed by atoms with E-state index in [0.29, 0.717) is 12.5 Å². The average Bonchev–Trinajstić information content (AvgIpc) is 2.16. The highest BCUT2D eigenvalue weighted by Crippen LogP contribution is 2.18. The van der Waals surface area contributed by atoms with Crippen LogP contribution in [0.25, 0.3) is 0 Å². The predicted octanol–water partition coefficient (Wildman–Crippen LogP) is 1.05. The maximum atomic E-state index is 11.9. The molecule has 0 aromatic carbocycles. The molecule has 1 aliphatic heterocycles. The average molecular weight is 228 g/mol. The molecule has 0 spiro atoms. The van der Waals surface area contributed by atoms with Crippen LogP contribution >= 0.6 is 0 Å². The van der Waals surface area contributed by atoms with Crippen LogP contribution in [0.15, 0.2) is 0 Å². The van der Waals surface area contributed by atoms with Gasteiger partial charge < -0.3 is 15.8 Å². The first-order valence-corrected chi connectivity index (χ1v) is 6.08. The number of amides is 1. The monoisotopic (exact) mass is 228 g/mol. The Bertz CT molecular complexity index is 235. The van der Waals surface area contributed by atoms with Gasteiger partial charge in [-0.15, -0.1) is 0 Å². The van der Waals surface area contributed by atoms with Crippen LogP contribution in [0.1, 0.15) is 40.0 Å². The van der Waals surface area contributed by atoms with E-state index in [9.17, 15) is 4.79 Å². The van der Waals surface area contributed by atoms with Gasteiger partial charge in [-0.05, 0) is 32.1 Å². The SMILES string of the molecule is CC(C)C[C@@H](N)C(=O)NC1(C)CCCOC1. The van der Waals surface area contributed by atoms with E-state index in [0.717, 1.165) is 25.9 Å². The highest BCUT2D eigenvalue weighted by atomic mass is 16.5. The highest BCUT2D eigenvalue weighted by molar-refractivity contribution is 5.82. The van der Waals surface area contributed by atoms with Gasteiger partial charge in [-0.3, -0.25) is 4.79 Å². The van der Waals surface area contributed by atoms with Crippen LogP contribution in [0, 0.1) is 5.92 Å². The zero-order chi connectivity index (χ0) is 12.2. The van der Waals surface area contributed by atoms with Crippen LogP contribution in [0.5, 0.6) is 0 Å². The Morgan fingerprint density at radius 3 is 2.75 bits per heavy atom. The van der Waals surface area contributed by atoms with E-state index in [-0.39, 0.29) is 11.4 Å². The first-order chi connectivity index (χ1) is 7.43. The third-order valence-corrected chi connectivity index (χ3v) is 2.92. The first kappa shape index (κ1) is 13.5. The lowest BCUT2D eigenvalue weighted by molar-refractivity contribution is -0.126. The van der Waals surface area contributed by atoms with Crippen molar-refractivity contribution in [2.45, 2.75) is 51.6 Å². The summed E-state index contributed by atoms with van der Waals surface area (Å²) in [5, 5.41) is 3.01. The minimum Gasteiger partial charge on any atom is -0.379 e. The summed E-state index contributed by atoms with van der Waals surface area (Å²) in [6, 6.07) is -0.404. The Hall–Kier alpha value is -0.610. The molecule has 1 saturated heterocycles. The van der Waals surface area contributed by atoms with E-state index in [1.54, 1.807) is 0 Å². The molecule has 1 aliphatic rings. The molecule has 94 valence electrons. The molecule has 0 aromatic rings. The lowest BCUT2D eigenvalue weighted by Crippen LogP contribution is -2.56. The second-order valence-corrected chi connectivity index (χ2v) is 5.44. The number of ether oxygens (including phenoxy) is 1. The standard InChI is InChI=1S/C12H24N2O2/c1-9(2)7-10(13)11(15)14-12(3)5-4-6-16-8-12/h9-10H,4-8,13H2,1-3H3,(H,14,15)/t10-,12?/m1/s1. The fourth-order valence-corrected chi connectivity index (χ4v) is 2.04. The third-order valence-electron chi connectivity index (χ3n) is 2.92. The van der Waals surface area contributed by atoms with Crippen molar-refractivity contribution in [1.29, 1.82) is 0 Å². The van der Waals surface area contributed by atoms with Crippen molar-refractivity contribution in [3.63, 3.8) is 0 Å². The summed E-state index contributed by atoms with van der Waals surface area (Å²) in [6.07, 6.45) is 2.69. The Morgan fingerprint density at radius 2 is 2.25 bits per heavy atom. The molecule has 1 amide bonds. The van der Waals surface area contributed by atoms with E-state index < -0.39 is 6.04 Å². The molecule has 16 heavy (non-hydrogen) atoms. The van der Waals surface area contributed by atoms with Gasteiger partial charge in [-0.25, -0.2) is 0 Å². The van der Waals surface area contributed by atoms with Crippen LogP contribution in [0.2, 0.25) is 0 Å². The van der Waals surface area contributed by atoms with Gasteiger partial charge in [0.05, 0.1) is 18.2 Å². The second-order valence-electron chi connectivity index (χ2n) is 5.44. The Kier molecular flexibility index (Phi) is 4.74. The van der Waals surface area contributed by atoms with E-state index in [4.69, 9.17) is 10.5 Å². The molecule has 0 aromatic heterocycles. The van der Waals surface area contributed by atoms with Crippen molar-refractivity contribution in [3.05, 3.63) is 0 Å². The zero-order valence-corrected chi connectivity index (χ0v) is 10.6. The number of nitrogens with one attached hydrogen (secondary N) is 1. The number of rotatable bonds is 4. The van der Waals surface area contributed by atoms with Crippen molar-refractivity contribution >= 4 is 5.91 Å². The maximum absolute atomic E-state index is 11.9. The number of carbonyl (C=O) groups is 1. The number of carbonyl (C=O) groups excluding carboxylic acids is 1. The molecule has 1 heterocycles.